The molecule has 0 radical (unpaired) electrons. The monoisotopic (exact) mass is 418 g/mol. The topological polar surface area (TPSA) is 46.5 Å². The first kappa shape index (κ1) is 18.2. The second-order valence-corrected chi connectivity index (χ2v) is 6.33. The van der Waals surface area contributed by atoms with Crippen LogP contribution in [0.5, 0.6) is 5.75 Å². The maximum absolute atomic E-state index is 11.8. The highest BCUT2D eigenvalue weighted by molar-refractivity contribution is 14.2. The summed E-state index contributed by atoms with van der Waals surface area (Å²) in [5.74, 6) is 2.88. The summed E-state index contributed by atoms with van der Waals surface area (Å²) < 4.78 is 4.79. The molecule has 0 spiro atoms. The average molecular weight is 418 g/mol. The Morgan fingerprint density at radius 1 is 1.48 bits per heavy atom. The summed E-state index contributed by atoms with van der Waals surface area (Å²) in [5, 5.41) is 13.3. The molecule has 1 atom stereocenters. The molecule has 1 aromatic carbocycles. The quantitative estimate of drug-likeness (QED) is 0.421. The van der Waals surface area contributed by atoms with Crippen LogP contribution in [0.25, 0.3) is 0 Å². The van der Waals surface area contributed by atoms with Crippen molar-refractivity contribution in [3.63, 3.8) is 0 Å². The zero-order chi connectivity index (χ0) is 15.8. The van der Waals surface area contributed by atoms with Gasteiger partial charge in [-0.3, -0.25) is 0 Å². The Hall–Kier alpha value is -0.870. The summed E-state index contributed by atoms with van der Waals surface area (Å²) in [5.41, 5.74) is 1.69. The molecule has 3 nitrogen and oxygen atoms in total. The van der Waals surface area contributed by atoms with Gasteiger partial charge in [0.05, 0.1) is 18.2 Å². The minimum atomic E-state index is -0.409. The predicted molar refractivity (Wildman–Crippen MR) is 95.9 cm³/mol. The highest BCUT2D eigenvalue weighted by atomic mass is 127. The number of hydrogen-bond acceptors (Lipinski definition) is 4. The van der Waals surface area contributed by atoms with E-state index >= 15 is 0 Å². The number of carbonyl (C=O) groups is 1. The molecule has 0 aromatic heterocycles. The van der Waals surface area contributed by atoms with E-state index in [2.05, 4.69) is 46.2 Å². The Labute approximate surface area is 142 Å². The van der Waals surface area contributed by atoms with Crippen LogP contribution in [0.15, 0.2) is 12.1 Å². The van der Waals surface area contributed by atoms with E-state index in [9.17, 15) is 9.90 Å². The van der Waals surface area contributed by atoms with Gasteiger partial charge in [0.15, 0.2) is 0 Å². The predicted octanol–water partition coefficient (Wildman–Crippen LogP) is 4.86. The standard InChI is InChI=1S/C16H19IO3S/c1-4-6-11(5-2)14-10-13(16(19)20-3)9-12(15(14)18)7-8-21-17/h9-11,18H,4-6H2,1-3H3. The molecule has 0 aliphatic rings. The van der Waals surface area contributed by atoms with Crippen molar-refractivity contribution in [3.05, 3.63) is 28.8 Å². The Morgan fingerprint density at radius 3 is 2.71 bits per heavy atom. The summed E-state index contributed by atoms with van der Waals surface area (Å²) in [6.45, 7) is 4.19. The van der Waals surface area contributed by atoms with Crippen molar-refractivity contribution in [3.8, 4) is 16.9 Å². The normalized spacial score (nSPS) is 11.4. The van der Waals surface area contributed by atoms with E-state index in [1.165, 1.54) is 16.0 Å². The van der Waals surface area contributed by atoms with Crippen molar-refractivity contribution in [2.24, 2.45) is 0 Å². The van der Waals surface area contributed by atoms with Crippen molar-refractivity contribution in [2.45, 2.75) is 39.0 Å². The van der Waals surface area contributed by atoms with Crippen LogP contribution in [0.3, 0.4) is 0 Å². The molecular weight excluding hydrogens is 399 g/mol. The molecule has 0 saturated carbocycles. The van der Waals surface area contributed by atoms with Gasteiger partial charge in [0.1, 0.15) is 5.75 Å². The van der Waals surface area contributed by atoms with Gasteiger partial charge in [0, 0.05) is 21.2 Å². The Morgan fingerprint density at radius 2 is 2.19 bits per heavy atom. The Kier molecular flexibility index (Phi) is 7.97. The average Bonchev–Trinajstić information content (AvgIpc) is 2.51. The third-order valence-electron chi connectivity index (χ3n) is 3.35. The van der Waals surface area contributed by atoms with E-state index in [-0.39, 0.29) is 11.7 Å². The van der Waals surface area contributed by atoms with Gasteiger partial charge in [-0.1, -0.05) is 26.2 Å². The first-order valence-electron chi connectivity index (χ1n) is 6.82. The molecule has 0 aliphatic heterocycles. The van der Waals surface area contributed by atoms with Gasteiger partial charge in [-0.15, -0.1) is 0 Å². The maximum atomic E-state index is 11.8. The van der Waals surface area contributed by atoms with Crippen LogP contribution >= 0.6 is 30.1 Å². The number of methoxy groups -OCH3 is 1. The number of aromatic hydroxyl groups is 1. The summed E-state index contributed by atoms with van der Waals surface area (Å²) in [4.78, 5) is 11.8. The molecular formula is C16H19IO3S. The van der Waals surface area contributed by atoms with Crippen LogP contribution in [-0.2, 0) is 4.74 Å². The second kappa shape index (κ2) is 9.21. The molecule has 1 aromatic rings. The molecule has 0 fully saturated rings. The minimum Gasteiger partial charge on any atom is -0.506 e. The van der Waals surface area contributed by atoms with Crippen LogP contribution in [0.2, 0.25) is 0 Å². The van der Waals surface area contributed by atoms with E-state index in [0.717, 1.165) is 24.8 Å². The molecule has 0 saturated heterocycles. The lowest BCUT2D eigenvalue weighted by Crippen LogP contribution is -2.06. The summed E-state index contributed by atoms with van der Waals surface area (Å²) >= 11 is 2.07. The van der Waals surface area contributed by atoms with Crippen molar-refractivity contribution < 1.29 is 14.6 Å². The third-order valence-corrected chi connectivity index (χ3v) is 4.19. The lowest BCUT2D eigenvalue weighted by atomic mass is 9.88. The fourth-order valence-electron chi connectivity index (χ4n) is 2.30. The van der Waals surface area contributed by atoms with Crippen molar-refractivity contribution in [1.29, 1.82) is 0 Å². The van der Waals surface area contributed by atoms with Crippen LogP contribution < -0.4 is 0 Å². The number of hydrogen-bond donors (Lipinski definition) is 1. The van der Waals surface area contributed by atoms with E-state index in [1.54, 1.807) is 12.1 Å². The smallest absolute Gasteiger partial charge is 0.337 e. The van der Waals surface area contributed by atoms with E-state index in [4.69, 9.17) is 4.74 Å². The van der Waals surface area contributed by atoms with Gasteiger partial charge < -0.3 is 9.84 Å². The fraction of sp³-hybridized carbons (Fsp3) is 0.438. The highest BCUT2D eigenvalue weighted by Crippen LogP contribution is 2.35. The minimum absolute atomic E-state index is 0.181. The van der Waals surface area contributed by atoms with Gasteiger partial charge >= 0.3 is 5.97 Å². The highest BCUT2D eigenvalue weighted by Gasteiger charge is 2.19. The van der Waals surface area contributed by atoms with Gasteiger partial charge in [-0.2, -0.15) is 0 Å². The molecule has 0 amide bonds. The first-order valence-corrected chi connectivity index (χ1v) is 10.2. The fourth-order valence-corrected chi connectivity index (χ4v) is 2.78. The van der Waals surface area contributed by atoms with Crippen molar-refractivity contribution in [1.82, 2.24) is 0 Å². The molecule has 1 N–H and O–H groups in total. The summed E-state index contributed by atoms with van der Waals surface area (Å²) in [6.07, 6.45) is 2.88. The van der Waals surface area contributed by atoms with Crippen molar-refractivity contribution in [2.75, 3.05) is 7.11 Å². The molecule has 1 unspecified atom stereocenters. The largest absolute Gasteiger partial charge is 0.506 e. The lowest BCUT2D eigenvalue weighted by Gasteiger charge is -2.18. The number of esters is 1. The number of halogens is 1. The van der Waals surface area contributed by atoms with E-state index < -0.39 is 5.97 Å². The van der Waals surface area contributed by atoms with Crippen LogP contribution in [0, 0.1) is 11.2 Å². The van der Waals surface area contributed by atoms with Gasteiger partial charge in [-0.25, -0.2) is 4.79 Å². The van der Waals surface area contributed by atoms with Crippen LogP contribution in [-0.4, -0.2) is 18.2 Å². The Balaban J connectivity index is 3.42. The SMILES string of the molecule is CCCC(CC)c1cc(C(=O)OC)cc(C#CSI)c1O. The third kappa shape index (κ3) is 4.82. The van der Waals surface area contributed by atoms with E-state index in [0.29, 0.717) is 11.1 Å². The zero-order valence-electron chi connectivity index (χ0n) is 12.4. The summed E-state index contributed by atoms with van der Waals surface area (Å²) in [7, 11) is 2.69. The summed E-state index contributed by atoms with van der Waals surface area (Å²) in [6, 6.07) is 3.32. The number of phenols is 1. The molecule has 114 valence electrons. The first-order chi connectivity index (χ1) is 10.1. The maximum Gasteiger partial charge on any atom is 0.337 e. The molecule has 0 aliphatic carbocycles. The molecule has 0 heterocycles. The molecule has 0 bridgehead atoms. The number of phenolic OH excluding ortho intramolecular Hbond substituents is 1. The van der Waals surface area contributed by atoms with Crippen LogP contribution in [0.1, 0.15) is 60.5 Å². The lowest BCUT2D eigenvalue weighted by molar-refractivity contribution is 0.0600. The molecule has 21 heavy (non-hydrogen) atoms. The number of benzene rings is 1. The van der Waals surface area contributed by atoms with Gasteiger partial charge in [-0.05, 0) is 50.6 Å². The zero-order valence-corrected chi connectivity index (χ0v) is 15.4. The number of ether oxygens (including phenoxy) is 1. The van der Waals surface area contributed by atoms with Gasteiger partial charge in [0.25, 0.3) is 0 Å². The van der Waals surface area contributed by atoms with Crippen molar-refractivity contribution >= 4 is 36.1 Å². The molecule has 1 rings (SSSR count). The molecule has 5 heteroatoms. The Bertz CT molecular complexity index is 561. The number of carbonyl (C=O) groups excluding carboxylic acids is 1. The van der Waals surface area contributed by atoms with Gasteiger partial charge in [0.2, 0.25) is 0 Å². The second-order valence-electron chi connectivity index (χ2n) is 4.65. The number of rotatable bonds is 5. The van der Waals surface area contributed by atoms with E-state index in [1.807, 2.05) is 0 Å². The van der Waals surface area contributed by atoms with Crippen LogP contribution in [0.4, 0.5) is 0 Å².